The van der Waals surface area contributed by atoms with Crippen molar-refractivity contribution in [3.63, 3.8) is 0 Å². The third-order valence-corrected chi connectivity index (χ3v) is 2.90. The minimum atomic E-state index is -0.182. The van der Waals surface area contributed by atoms with E-state index < -0.39 is 0 Å². The molecule has 0 aromatic heterocycles. The lowest BCUT2D eigenvalue weighted by atomic mass is 9.89. The highest BCUT2D eigenvalue weighted by atomic mass is 14.7. The van der Waals surface area contributed by atoms with Gasteiger partial charge in [0.15, 0.2) is 0 Å². The van der Waals surface area contributed by atoms with Gasteiger partial charge in [0.2, 0.25) is 0 Å². The molecule has 72 valence electrons. The maximum atomic E-state index is 6.16. The molecule has 1 nitrogen and oxygen atoms in total. The first-order valence-electron chi connectivity index (χ1n) is 4.84. The molecule has 1 heteroatoms. The number of rotatable bonds is 2. The van der Waals surface area contributed by atoms with E-state index >= 15 is 0 Å². The van der Waals surface area contributed by atoms with Gasteiger partial charge in [-0.25, -0.2) is 0 Å². The van der Waals surface area contributed by atoms with E-state index in [4.69, 9.17) is 5.73 Å². The molecule has 0 heterocycles. The first-order valence-corrected chi connectivity index (χ1v) is 4.84. The molecular weight excluding hydrogens is 158 g/mol. The van der Waals surface area contributed by atoms with Crippen LogP contribution in [0.3, 0.4) is 0 Å². The van der Waals surface area contributed by atoms with Crippen molar-refractivity contribution in [2.75, 3.05) is 0 Å². The van der Waals surface area contributed by atoms with Gasteiger partial charge < -0.3 is 5.73 Å². The molecule has 2 N–H and O–H groups in total. The van der Waals surface area contributed by atoms with Crippen molar-refractivity contribution >= 4 is 0 Å². The lowest BCUT2D eigenvalue weighted by Crippen LogP contribution is -2.31. The van der Waals surface area contributed by atoms with Gasteiger partial charge in [-0.05, 0) is 43.9 Å². The Balaban J connectivity index is 3.10. The fourth-order valence-electron chi connectivity index (χ4n) is 1.30. The van der Waals surface area contributed by atoms with E-state index in [9.17, 15) is 0 Å². The molecule has 1 aromatic carbocycles. The van der Waals surface area contributed by atoms with Gasteiger partial charge in [-0.15, -0.1) is 0 Å². The maximum absolute atomic E-state index is 6.16. The lowest BCUT2D eigenvalue weighted by Gasteiger charge is -2.24. The van der Waals surface area contributed by atoms with Crippen LogP contribution in [0, 0.1) is 13.8 Å². The van der Waals surface area contributed by atoms with Crippen LogP contribution in [0.15, 0.2) is 18.2 Å². The zero-order chi connectivity index (χ0) is 10.1. The average Bonchev–Trinajstić information content (AvgIpc) is 2.09. The van der Waals surface area contributed by atoms with Gasteiger partial charge in [0, 0.05) is 5.54 Å². The summed E-state index contributed by atoms with van der Waals surface area (Å²) in [6, 6.07) is 6.47. The Kier molecular flexibility index (Phi) is 2.77. The van der Waals surface area contributed by atoms with Gasteiger partial charge >= 0.3 is 0 Å². The average molecular weight is 177 g/mol. The minimum Gasteiger partial charge on any atom is -0.322 e. The standard InChI is InChI=1S/C12H19N/c1-5-12(4,13)11-7-6-9(2)10(3)8-11/h6-8H,5,13H2,1-4H3/t12-/m1/s1. The Labute approximate surface area is 81.0 Å². The summed E-state index contributed by atoms with van der Waals surface area (Å²) in [5.74, 6) is 0. The van der Waals surface area contributed by atoms with E-state index in [-0.39, 0.29) is 5.54 Å². The molecule has 0 fully saturated rings. The lowest BCUT2D eigenvalue weighted by molar-refractivity contribution is 0.476. The molecule has 1 rings (SSSR count). The molecule has 1 aromatic rings. The summed E-state index contributed by atoms with van der Waals surface area (Å²) in [7, 11) is 0. The fourth-order valence-corrected chi connectivity index (χ4v) is 1.30. The van der Waals surface area contributed by atoms with E-state index in [0.29, 0.717) is 0 Å². The van der Waals surface area contributed by atoms with Crippen molar-refractivity contribution in [3.8, 4) is 0 Å². The smallest absolute Gasteiger partial charge is 0.0378 e. The van der Waals surface area contributed by atoms with Gasteiger partial charge in [0.05, 0.1) is 0 Å². The third-order valence-electron chi connectivity index (χ3n) is 2.90. The first kappa shape index (κ1) is 10.3. The normalized spacial score (nSPS) is 15.5. The van der Waals surface area contributed by atoms with Crippen molar-refractivity contribution < 1.29 is 0 Å². The summed E-state index contributed by atoms with van der Waals surface area (Å²) in [5, 5.41) is 0. The zero-order valence-corrected chi connectivity index (χ0v) is 9.02. The summed E-state index contributed by atoms with van der Waals surface area (Å²) in [4.78, 5) is 0. The van der Waals surface area contributed by atoms with Crippen LogP contribution < -0.4 is 5.73 Å². The molecule has 1 atom stereocenters. The number of hydrogen-bond acceptors (Lipinski definition) is 1. The molecule has 13 heavy (non-hydrogen) atoms. The van der Waals surface area contributed by atoms with E-state index in [0.717, 1.165) is 6.42 Å². The van der Waals surface area contributed by atoms with Crippen LogP contribution in [0.5, 0.6) is 0 Å². The molecule has 0 aliphatic rings. The Morgan fingerprint density at radius 2 is 1.85 bits per heavy atom. The number of hydrogen-bond donors (Lipinski definition) is 1. The van der Waals surface area contributed by atoms with Crippen molar-refractivity contribution in [1.82, 2.24) is 0 Å². The highest BCUT2D eigenvalue weighted by molar-refractivity contribution is 5.33. The molecular formula is C12H19N. The van der Waals surface area contributed by atoms with Crippen molar-refractivity contribution in [2.45, 2.75) is 39.7 Å². The fraction of sp³-hybridized carbons (Fsp3) is 0.500. The Morgan fingerprint density at radius 3 is 2.31 bits per heavy atom. The molecule has 0 saturated heterocycles. The van der Waals surface area contributed by atoms with E-state index in [1.807, 2.05) is 0 Å². The molecule has 0 spiro atoms. The highest BCUT2D eigenvalue weighted by Gasteiger charge is 2.18. The van der Waals surface area contributed by atoms with Crippen LogP contribution >= 0.6 is 0 Å². The molecule has 0 saturated carbocycles. The second kappa shape index (κ2) is 3.51. The second-order valence-electron chi connectivity index (χ2n) is 4.07. The third kappa shape index (κ3) is 2.10. The summed E-state index contributed by atoms with van der Waals surface area (Å²) < 4.78 is 0. The Bertz CT molecular complexity index is 300. The predicted octanol–water partition coefficient (Wildman–Crippen LogP) is 2.89. The predicted molar refractivity (Wildman–Crippen MR) is 57.7 cm³/mol. The Hall–Kier alpha value is -0.820. The molecule has 0 amide bonds. The van der Waals surface area contributed by atoms with Gasteiger partial charge in [-0.3, -0.25) is 0 Å². The van der Waals surface area contributed by atoms with E-state index in [1.165, 1.54) is 16.7 Å². The first-order chi connectivity index (χ1) is 5.97. The van der Waals surface area contributed by atoms with Gasteiger partial charge in [-0.2, -0.15) is 0 Å². The quantitative estimate of drug-likeness (QED) is 0.738. The monoisotopic (exact) mass is 177 g/mol. The molecule has 0 unspecified atom stereocenters. The molecule has 0 aliphatic carbocycles. The number of aryl methyl sites for hydroxylation is 2. The summed E-state index contributed by atoms with van der Waals surface area (Å²) >= 11 is 0. The minimum absolute atomic E-state index is 0.182. The largest absolute Gasteiger partial charge is 0.322 e. The molecule has 0 aliphatic heterocycles. The highest BCUT2D eigenvalue weighted by Crippen LogP contribution is 2.23. The number of benzene rings is 1. The van der Waals surface area contributed by atoms with Crippen molar-refractivity contribution in [3.05, 3.63) is 34.9 Å². The van der Waals surface area contributed by atoms with Crippen LogP contribution in [-0.4, -0.2) is 0 Å². The maximum Gasteiger partial charge on any atom is 0.0378 e. The van der Waals surface area contributed by atoms with Crippen LogP contribution in [0.2, 0.25) is 0 Å². The van der Waals surface area contributed by atoms with Crippen LogP contribution in [0.25, 0.3) is 0 Å². The summed E-state index contributed by atoms with van der Waals surface area (Å²) in [6.07, 6.45) is 0.968. The van der Waals surface area contributed by atoms with Crippen molar-refractivity contribution in [2.24, 2.45) is 5.73 Å². The summed E-state index contributed by atoms with van der Waals surface area (Å²) in [5.41, 5.74) is 9.86. The van der Waals surface area contributed by atoms with E-state index in [1.54, 1.807) is 0 Å². The molecule has 0 bridgehead atoms. The van der Waals surface area contributed by atoms with Gasteiger partial charge in [0.25, 0.3) is 0 Å². The number of nitrogens with two attached hydrogens (primary N) is 1. The van der Waals surface area contributed by atoms with Gasteiger partial charge in [-0.1, -0.05) is 25.1 Å². The van der Waals surface area contributed by atoms with Gasteiger partial charge in [0.1, 0.15) is 0 Å². The van der Waals surface area contributed by atoms with Crippen LogP contribution in [0.4, 0.5) is 0 Å². The molecule has 0 radical (unpaired) electrons. The van der Waals surface area contributed by atoms with Crippen LogP contribution in [-0.2, 0) is 5.54 Å². The zero-order valence-electron chi connectivity index (χ0n) is 9.02. The second-order valence-corrected chi connectivity index (χ2v) is 4.07. The van der Waals surface area contributed by atoms with Crippen LogP contribution in [0.1, 0.15) is 37.0 Å². The SMILES string of the molecule is CC[C@@](C)(N)c1ccc(C)c(C)c1. The van der Waals surface area contributed by atoms with E-state index in [2.05, 4.69) is 45.9 Å². The van der Waals surface area contributed by atoms with Crippen molar-refractivity contribution in [1.29, 1.82) is 0 Å². The summed E-state index contributed by atoms with van der Waals surface area (Å²) in [6.45, 7) is 8.45. The Morgan fingerprint density at radius 1 is 1.23 bits per heavy atom. The topological polar surface area (TPSA) is 26.0 Å².